The Morgan fingerprint density at radius 3 is 2.27 bits per heavy atom. The van der Waals surface area contributed by atoms with Crippen LogP contribution in [0.15, 0.2) is 78.9 Å². The molecule has 8 heteroatoms. The molecule has 5 rings (SSSR count). The van der Waals surface area contributed by atoms with Crippen LogP contribution in [0, 0.1) is 6.92 Å². The molecule has 3 N–H and O–H groups in total. The number of carbonyl (C=O) groups excluding carboxylic acids is 2. The number of ketones is 1. The molecule has 1 aliphatic rings. The number of hydrogen-bond donors (Lipinski definition) is 3. The highest BCUT2D eigenvalue weighted by atomic mass is 16.5. The van der Waals surface area contributed by atoms with E-state index in [1.54, 1.807) is 42.5 Å². The molecule has 0 fully saturated rings. The quantitative estimate of drug-likeness (QED) is 0.228. The van der Waals surface area contributed by atoms with Gasteiger partial charge in [-0.25, -0.2) is 9.59 Å². The van der Waals surface area contributed by atoms with Gasteiger partial charge in [-0.15, -0.1) is 0 Å². The zero-order valence-electron chi connectivity index (χ0n) is 22.1. The second-order valence-electron chi connectivity index (χ2n) is 9.49. The summed E-state index contributed by atoms with van der Waals surface area (Å²) in [5.41, 5.74) is 4.75. The Morgan fingerprint density at radius 1 is 0.800 bits per heavy atom. The number of nitrogens with one attached hydrogen (secondary N) is 2. The smallest absolute Gasteiger partial charge is 0.339 e. The largest absolute Gasteiger partial charge is 0.496 e. The second-order valence-corrected chi connectivity index (χ2v) is 9.49. The number of hydrogen-bond acceptors (Lipinski definition) is 5. The van der Waals surface area contributed by atoms with E-state index in [2.05, 4.69) is 10.6 Å². The molecule has 4 aromatic carbocycles. The fourth-order valence-corrected chi connectivity index (χ4v) is 4.80. The molecule has 0 heterocycles. The van der Waals surface area contributed by atoms with Crippen LogP contribution in [0.4, 0.5) is 16.2 Å². The number of ether oxygens (including phenoxy) is 2. The molecule has 8 nitrogen and oxygen atoms in total. The van der Waals surface area contributed by atoms with E-state index in [4.69, 9.17) is 9.47 Å². The number of methoxy groups -OCH3 is 1. The summed E-state index contributed by atoms with van der Waals surface area (Å²) in [5, 5.41) is 15.4. The third kappa shape index (κ3) is 5.51. The molecule has 2 amide bonds. The highest BCUT2D eigenvalue weighted by Gasteiger charge is 2.22. The Bertz CT molecular complexity index is 1630. The molecule has 4 aromatic rings. The minimum absolute atomic E-state index is 0.0210. The normalized spacial score (nSPS) is 12.3. The van der Waals surface area contributed by atoms with Gasteiger partial charge in [0.25, 0.3) is 0 Å². The highest BCUT2D eigenvalue weighted by molar-refractivity contribution is 6.02. The Balaban J connectivity index is 1.53. The summed E-state index contributed by atoms with van der Waals surface area (Å²) in [5.74, 6) is 0.153. The van der Waals surface area contributed by atoms with E-state index in [1.165, 1.54) is 13.2 Å². The number of benzene rings is 4. The molecule has 0 radical (unpaired) electrons. The number of urea groups is 1. The number of amides is 2. The first-order valence-electron chi connectivity index (χ1n) is 12.9. The van der Waals surface area contributed by atoms with Crippen LogP contribution in [0.25, 0.3) is 11.1 Å². The number of aryl methyl sites for hydroxylation is 1. The van der Waals surface area contributed by atoms with E-state index >= 15 is 0 Å². The minimum atomic E-state index is -1.11. The summed E-state index contributed by atoms with van der Waals surface area (Å²) in [6, 6.07) is 22.4. The number of carbonyl (C=O) groups is 3. The summed E-state index contributed by atoms with van der Waals surface area (Å²) in [6.45, 7) is 1.90. The van der Waals surface area contributed by atoms with Gasteiger partial charge in [-0.3, -0.25) is 4.79 Å². The second kappa shape index (κ2) is 11.3. The van der Waals surface area contributed by atoms with Crippen LogP contribution < -0.4 is 20.1 Å². The van der Waals surface area contributed by atoms with Gasteiger partial charge in [-0.2, -0.15) is 0 Å². The standard InChI is InChI=1S/C32H28N2O6/c1-19-7-3-4-10-25(19)33-32(38)34-26-18-21(20-13-15-28(39-2)24(17-20)31(36)37)14-16-30(26)40-29-12-6-8-22-23(29)9-5-11-27(22)35/h3-4,6-8,10,12-18H,5,9,11H2,1-2H3,(H,36,37)(H2,33,34,38). The third-order valence-electron chi connectivity index (χ3n) is 6.87. The minimum Gasteiger partial charge on any atom is -0.496 e. The lowest BCUT2D eigenvalue weighted by Gasteiger charge is -2.20. The predicted octanol–water partition coefficient (Wildman–Crippen LogP) is 7.32. The third-order valence-corrected chi connectivity index (χ3v) is 6.87. The van der Waals surface area contributed by atoms with E-state index < -0.39 is 12.0 Å². The maximum absolute atomic E-state index is 13.1. The van der Waals surface area contributed by atoms with E-state index in [1.807, 2.05) is 37.3 Å². The van der Waals surface area contributed by atoms with Gasteiger partial charge >= 0.3 is 12.0 Å². The molecule has 1 aliphatic carbocycles. The molecule has 0 aliphatic heterocycles. The summed E-state index contributed by atoms with van der Waals surface area (Å²) in [6.07, 6.45) is 1.98. The van der Waals surface area contributed by atoms with Crippen LogP contribution in [-0.4, -0.2) is 30.0 Å². The Labute approximate surface area is 231 Å². The van der Waals surface area contributed by atoms with Gasteiger partial charge in [0.05, 0.1) is 12.8 Å². The fraction of sp³-hybridized carbons (Fsp3) is 0.156. The van der Waals surface area contributed by atoms with E-state index in [0.717, 1.165) is 24.0 Å². The lowest BCUT2D eigenvalue weighted by atomic mass is 9.90. The topological polar surface area (TPSA) is 114 Å². The average molecular weight is 537 g/mol. The molecule has 0 saturated carbocycles. The number of Topliss-reactive ketones (excluding diaryl/α,β-unsaturated/α-hetero) is 1. The summed E-state index contributed by atoms with van der Waals surface area (Å²) < 4.78 is 11.5. The van der Waals surface area contributed by atoms with E-state index in [0.29, 0.717) is 46.0 Å². The number of carboxylic acid groups (broad SMARTS) is 1. The summed E-state index contributed by atoms with van der Waals surface area (Å²) >= 11 is 0. The number of para-hydroxylation sites is 1. The molecule has 0 spiro atoms. The van der Waals surface area contributed by atoms with Gasteiger partial charge < -0.3 is 25.2 Å². The number of carboxylic acids is 1. The molecular formula is C32H28N2O6. The monoisotopic (exact) mass is 536 g/mol. The maximum atomic E-state index is 13.1. The Morgan fingerprint density at radius 2 is 1.52 bits per heavy atom. The van der Waals surface area contributed by atoms with Crippen LogP contribution in [-0.2, 0) is 6.42 Å². The van der Waals surface area contributed by atoms with E-state index in [9.17, 15) is 19.5 Å². The number of rotatable bonds is 7. The summed E-state index contributed by atoms with van der Waals surface area (Å²) in [4.78, 5) is 37.3. The fourth-order valence-electron chi connectivity index (χ4n) is 4.80. The molecule has 0 aromatic heterocycles. The maximum Gasteiger partial charge on any atom is 0.339 e. The molecule has 202 valence electrons. The van der Waals surface area contributed by atoms with Gasteiger partial charge in [0.2, 0.25) is 0 Å². The van der Waals surface area contributed by atoms with Crippen molar-refractivity contribution in [2.75, 3.05) is 17.7 Å². The lowest BCUT2D eigenvalue weighted by molar-refractivity contribution is 0.0693. The van der Waals surface area contributed by atoms with Crippen molar-refractivity contribution >= 4 is 29.2 Å². The Kier molecular flexibility index (Phi) is 7.50. The molecule has 0 bridgehead atoms. The number of anilines is 2. The molecule has 40 heavy (non-hydrogen) atoms. The van der Waals surface area contributed by atoms with Crippen molar-refractivity contribution in [3.05, 3.63) is 101 Å². The number of fused-ring (bicyclic) bond motifs is 1. The van der Waals surface area contributed by atoms with Crippen molar-refractivity contribution in [1.29, 1.82) is 0 Å². The van der Waals surface area contributed by atoms with Crippen molar-refractivity contribution in [3.63, 3.8) is 0 Å². The first-order chi connectivity index (χ1) is 19.3. The number of aromatic carboxylic acids is 1. The van der Waals surface area contributed by atoms with Crippen molar-refractivity contribution in [2.24, 2.45) is 0 Å². The molecule has 0 saturated heterocycles. The summed E-state index contributed by atoms with van der Waals surface area (Å²) in [7, 11) is 1.42. The molecular weight excluding hydrogens is 508 g/mol. The van der Waals surface area contributed by atoms with Crippen LogP contribution in [0.5, 0.6) is 17.2 Å². The Hall–Kier alpha value is -5.11. The zero-order chi connectivity index (χ0) is 28.2. The predicted molar refractivity (Wildman–Crippen MR) is 153 cm³/mol. The van der Waals surface area contributed by atoms with Gasteiger partial charge in [0.1, 0.15) is 17.1 Å². The van der Waals surface area contributed by atoms with Crippen molar-refractivity contribution in [1.82, 2.24) is 0 Å². The average Bonchev–Trinajstić information content (AvgIpc) is 2.95. The van der Waals surface area contributed by atoms with Crippen molar-refractivity contribution < 1.29 is 29.0 Å². The van der Waals surface area contributed by atoms with Crippen LogP contribution in [0.1, 0.15) is 44.7 Å². The first kappa shape index (κ1) is 26.5. The first-order valence-corrected chi connectivity index (χ1v) is 12.9. The SMILES string of the molecule is COc1ccc(-c2ccc(Oc3cccc4c3CCCC4=O)c(NC(=O)Nc3ccccc3C)c2)cc1C(=O)O. The van der Waals surface area contributed by atoms with Crippen LogP contribution in [0.3, 0.4) is 0 Å². The van der Waals surface area contributed by atoms with Crippen molar-refractivity contribution in [2.45, 2.75) is 26.2 Å². The van der Waals surface area contributed by atoms with Crippen LogP contribution in [0.2, 0.25) is 0 Å². The molecule has 0 atom stereocenters. The van der Waals surface area contributed by atoms with E-state index in [-0.39, 0.29) is 17.1 Å². The van der Waals surface area contributed by atoms with Gasteiger partial charge in [0.15, 0.2) is 11.5 Å². The van der Waals surface area contributed by atoms with Gasteiger partial charge in [-0.05, 0) is 72.9 Å². The lowest BCUT2D eigenvalue weighted by Crippen LogP contribution is -2.20. The molecule has 0 unspecified atom stereocenters. The highest BCUT2D eigenvalue weighted by Crippen LogP contribution is 2.38. The van der Waals surface area contributed by atoms with Gasteiger partial charge in [0, 0.05) is 23.2 Å². The van der Waals surface area contributed by atoms with Crippen molar-refractivity contribution in [3.8, 4) is 28.4 Å². The van der Waals surface area contributed by atoms with Gasteiger partial charge in [-0.1, -0.05) is 42.5 Å². The van der Waals surface area contributed by atoms with Crippen LogP contribution >= 0.6 is 0 Å². The zero-order valence-corrected chi connectivity index (χ0v) is 22.1.